The van der Waals surface area contributed by atoms with Crippen LogP contribution in [0.3, 0.4) is 0 Å². The van der Waals surface area contributed by atoms with Gasteiger partial charge in [0.25, 0.3) is 11.8 Å². The van der Waals surface area contributed by atoms with Crippen LogP contribution in [0, 0.1) is 11.2 Å². The summed E-state index contributed by atoms with van der Waals surface area (Å²) in [4.78, 5) is 27.5. The summed E-state index contributed by atoms with van der Waals surface area (Å²) in [5, 5.41) is 9.44. The van der Waals surface area contributed by atoms with E-state index in [1.807, 2.05) is 0 Å². The number of amidine groups is 1. The molecule has 0 unspecified atom stereocenters. The largest absolute Gasteiger partial charge is 0.418 e. The van der Waals surface area contributed by atoms with Gasteiger partial charge in [0.2, 0.25) is 0 Å². The van der Waals surface area contributed by atoms with E-state index < -0.39 is 23.5 Å². The number of carbonyl (C=O) groups excluding carboxylic acids is 2. The SMILES string of the molecule is CC(=N)NC(=O)c1ccc(N2CCN(C(=O)c3ccc(F)cc3)CC2)c(C(F)(F)F)c1. The number of anilines is 1. The minimum absolute atomic E-state index is 0.0792. The fourth-order valence-electron chi connectivity index (χ4n) is 3.35. The van der Waals surface area contributed by atoms with Gasteiger partial charge in [0.1, 0.15) is 5.82 Å². The molecule has 1 fully saturated rings. The molecular formula is C21H20F4N4O2. The Hall–Kier alpha value is -3.43. The molecule has 2 aromatic carbocycles. The predicted molar refractivity (Wildman–Crippen MR) is 107 cm³/mol. The van der Waals surface area contributed by atoms with Crippen molar-refractivity contribution in [2.24, 2.45) is 0 Å². The van der Waals surface area contributed by atoms with E-state index in [0.717, 1.165) is 6.07 Å². The van der Waals surface area contributed by atoms with Gasteiger partial charge in [-0.05, 0) is 49.4 Å². The average molecular weight is 436 g/mol. The van der Waals surface area contributed by atoms with Crippen molar-refractivity contribution in [1.82, 2.24) is 10.2 Å². The van der Waals surface area contributed by atoms with Crippen LogP contribution in [-0.2, 0) is 6.18 Å². The van der Waals surface area contributed by atoms with Crippen molar-refractivity contribution in [3.63, 3.8) is 0 Å². The summed E-state index contributed by atoms with van der Waals surface area (Å²) in [5.74, 6) is -1.75. The summed E-state index contributed by atoms with van der Waals surface area (Å²) < 4.78 is 54.1. The molecule has 2 aromatic rings. The van der Waals surface area contributed by atoms with Gasteiger partial charge in [0.05, 0.1) is 11.4 Å². The number of hydrogen-bond donors (Lipinski definition) is 2. The van der Waals surface area contributed by atoms with Crippen LogP contribution in [-0.4, -0.2) is 48.7 Å². The van der Waals surface area contributed by atoms with Crippen LogP contribution < -0.4 is 10.2 Å². The molecule has 1 aliphatic rings. The number of rotatable bonds is 3. The van der Waals surface area contributed by atoms with Crippen LogP contribution in [0.2, 0.25) is 0 Å². The number of nitrogens with zero attached hydrogens (tertiary/aromatic N) is 2. The summed E-state index contributed by atoms with van der Waals surface area (Å²) in [7, 11) is 0. The molecule has 3 rings (SSSR count). The molecule has 0 aromatic heterocycles. The molecule has 10 heteroatoms. The maximum absolute atomic E-state index is 13.7. The Labute approximate surface area is 176 Å². The van der Waals surface area contributed by atoms with Gasteiger partial charge < -0.3 is 15.1 Å². The number of benzene rings is 2. The minimum atomic E-state index is -4.69. The average Bonchev–Trinajstić information content (AvgIpc) is 2.72. The molecule has 0 bridgehead atoms. The Morgan fingerprint density at radius 3 is 2.10 bits per heavy atom. The van der Waals surface area contributed by atoms with Crippen LogP contribution in [0.1, 0.15) is 33.2 Å². The van der Waals surface area contributed by atoms with Gasteiger partial charge in [-0.3, -0.25) is 15.0 Å². The smallest absolute Gasteiger partial charge is 0.367 e. The molecule has 0 radical (unpaired) electrons. The number of alkyl halides is 3. The van der Waals surface area contributed by atoms with Crippen molar-refractivity contribution in [3.8, 4) is 0 Å². The highest BCUT2D eigenvalue weighted by Crippen LogP contribution is 2.37. The molecule has 6 nitrogen and oxygen atoms in total. The number of amides is 2. The van der Waals surface area contributed by atoms with E-state index in [9.17, 15) is 27.2 Å². The van der Waals surface area contributed by atoms with Gasteiger partial charge in [-0.2, -0.15) is 13.2 Å². The first-order chi connectivity index (χ1) is 14.6. The third-order valence-corrected chi connectivity index (χ3v) is 4.86. The van der Waals surface area contributed by atoms with Crippen molar-refractivity contribution in [2.45, 2.75) is 13.1 Å². The summed E-state index contributed by atoms with van der Waals surface area (Å²) >= 11 is 0. The van der Waals surface area contributed by atoms with Gasteiger partial charge in [-0.25, -0.2) is 4.39 Å². The number of nitrogens with one attached hydrogen (secondary N) is 2. The Morgan fingerprint density at radius 2 is 1.55 bits per heavy atom. The first kappa shape index (κ1) is 22.3. The first-order valence-corrected chi connectivity index (χ1v) is 9.44. The van der Waals surface area contributed by atoms with Crippen molar-refractivity contribution in [3.05, 3.63) is 65.0 Å². The second kappa shape index (κ2) is 8.75. The highest BCUT2D eigenvalue weighted by Gasteiger charge is 2.36. The molecule has 0 aliphatic carbocycles. The van der Waals surface area contributed by atoms with Gasteiger partial charge in [0, 0.05) is 43.0 Å². The molecule has 1 saturated heterocycles. The summed E-state index contributed by atoms with van der Waals surface area (Å²) in [6.45, 7) is 2.04. The second-order valence-corrected chi connectivity index (χ2v) is 7.09. The van der Waals surface area contributed by atoms with Crippen molar-refractivity contribution in [1.29, 1.82) is 5.41 Å². The van der Waals surface area contributed by atoms with E-state index in [-0.39, 0.29) is 49.2 Å². The van der Waals surface area contributed by atoms with Crippen LogP contribution >= 0.6 is 0 Å². The number of piperazine rings is 1. The molecular weight excluding hydrogens is 416 g/mol. The van der Waals surface area contributed by atoms with E-state index in [1.165, 1.54) is 53.1 Å². The van der Waals surface area contributed by atoms with E-state index in [1.54, 1.807) is 0 Å². The van der Waals surface area contributed by atoms with E-state index in [4.69, 9.17) is 5.41 Å². The molecule has 1 heterocycles. The van der Waals surface area contributed by atoms with E-state index >= 15 is 0 Å². The molecule has 0 atom stereocenters. The minimum Gasteiger partial charge on any atom is -0.367 e. The molecule has 2 N–H and O–H groups in total. The zero-order valence-corrected chi connectivity index (χ0v) is 16.6. The van der Waals surface area contributed by atoms with Gasteiger partial charge in [-0.15, -0.1) is 0 Å². The lowest BCUT2D eigenvalue weighted by atomic mass is 10.1. The molecule has 0 saturated carbocycles. The summed E-state index contributed by atoms with van der Waals surface area (Å²) in [5.41, 5.74) is -0.930. The fourth-order valence-corrected chi connectivity index (χ4v) is 3.35. The maximum Gasteiger partial charge on any atom is 0.418 e. The van der Waals surface area contributed by atoms with E-state index in [0.29, 0.717) is 5.56 Å². The highest BCUT2D eigenvalue weighted by molar-refractivity contribution is 6.05. The normalized spacial score (nSPS) is 14.4. The third kappa shape index (κ3) is 5.19. The number of hydrogen-bond acceptors (Lipinski definition) is 4. The van der Waals surface area contributed by atoms with E-state index in [2.05, 4.69) is 5.32 Å². The number of halogens is 4. The Bertz CT molecular complexity index is 997. The molecule has 0 spiro atoms. The topological polar surface area (TPSA) is 76.5 Å². The third-order valence-electron chi connectivity index (χ3n) is 4.86. The van der Waals surface area contributed by atoms with Gasteiger partial charge in [0.15, 0.2) is 0 Å². The molecule has 1 aliphatic heterocycles. The summed E-state index contributed by atoms with van der Waals surface area (Å²) in [6, 6.07) is 8.36. The zero-order valence-electron chi connectivity index (χ0n) is 16.6. The van der Waals surface area contributed by atoms with Crippen molar-refractivity contribution < 1.29 is 27.2 Å². The maximum atomic E-state index is 13.7. The quantitative estimate of drug-likeness (QED) is 0.439. The Morgan fingerprint density at radius 1 is 0.968 bits per heavy atom. The van der Waals surface area contributed by atoms with Crippen molar-refractivity contribution >= 4 is 23.3 Å². The lowest BCUT2D eigenvalue weighted by molar-refractivity contribution is -0.137. The molecule has 31 heavy (non-hydrogen) atoms. The van der Waals surface area contributed by atoms with Crippen LogP contribution in [0.4, 0.5) is 23.2 Å². The standard InChI is InChI=1S/C21H20F4N4O2/c1-13(26)27-19(30)15-4-7-18(17(12-15)21(23,24)25)28-8-10-29(11-9-28)20(31)14-2-5-16(22)6-3-14/h2-7,12H,8-11H2,1H3,(H2,26,27,30). The molecule has 164 valence electrons. The Kier molecular flexibility index (Phi) is 6.28. The highest BCUT2D eigenvalue weighted by atomic mass is 19.4. The zero-order chi connectivity index (χ0) is 22.8. The lowest BCUT2D eigenvalue weighted by Gasteiger charge is -2.37. The molecule has 2 amide bonds. The van der Waals surface area contributed by atoms with Crippen LogP contribution in [0.25, 0.3) is 0 Å². The summed E-state index contributed by atoms with van der Waals surface area (Å²) in [6.07, 6.45) is -4.69. The fraction of sp³-hybridized carbons (Fsp3) is 0.286. The van der Waals surface area contributed by atoms with Gasteiger partial charge in [-0.1, -0.05) is 0 Å². The van der Waals surface area contributed by atoms with Crippen LogP contribution in [0.5, 0.6) is 0 Å². The first-order valence-electron chi connectivity index (χ1n) is 9.44. The Balaban J connectivity index is 1.77. The van der Waals surface area contributed by atoms with Gasteiger partial charge >= 0.3 is 6.18 Å². The lowest BCUT2D eigenvalue weighted by Crippen LogP contribution is -2.49. The van der Waals surface area contributed by atoms with Crippen LogP contribution in [0.15, 0.2) is 42.5 Å². The second-order valence-electron chi connectivity index (χ2n) is 7.09. The predicted octanol–water partition coefficient (Wildman–Crippen LogP) is 3.53. The monoisotopic (exact) mass is 436 g/mol. The van der Waals surface area contributed by atoms with Crippen molar-refractivity contribution in [2.75, 3.05) is 31.1 Å². The number of carbonyl (C=O) groups is 2.